The molecule has 3 nitrogen and oxygen atoms in total. The van der Waals surface area contributed by atoms with E-state index in [9.17, 15) is 4.79 Å². The topological polar surface area (TPSA) is 35.5 Å². The number of methoxy groups -OCH3 is 1. The van der Waals surface area contributed by atoms with Gasteiger partial charge in [0.2, 0.25) is 0 Å². The number of allylic oxidation sites excluding steroid dienone is 1. The number of hydrogen-bond donors (Lipinski definition) is 0. The van der Waals surface area contributed by atoms with Crippen molar-refractivity contribution in [2.75, 3.05) is 13.7 Å². The lowest BCUT2D eigenvalue weighted by Gasteiger charge is -2.20. The summed E-state index contributed by atoms with van der Waals surface area (Å²) in [4.78, 5) is 12.5. The lowest BCUT2D eigenvalue weighted by molar-refractivity contribution is 0.104. The van der Waals surface area contributed by atoms with Crippen molar-refractivity contribution in [2.45, 2.75) is 6.42 Å². The van der Waals surface area contributed by atoms with Crippen molar-refractivity contribution in [1.29, 1.82) is 0 Å². The number of fused-ring (bicyclic) bond motifs is 1. The SMILES string of the molecule is COc1ccccc1C(=O)/C=C1\OCCc2ccccc21. The molecular formula is C18H16O3. The van der Waals surface area contributed by atoms with Gasteiger partial charge in [0, 0.05) is 18.1 Å². The normalized spacial score (nSPS) is 15.2. The van der Waals surface area contributed by atoms with Gasteiger partial charge in [-0.25, -0.2) is 0 Å². The number of ether oxygens (including phenoxy) is 2. The lowest BCUT2D eigenvalue weighted by atomic mass is 9.99. The Bertz CT molecular complexity index is 701. The molecule has 0 unspecified atom stereocenters. The summed E-state index contributed by atoms with van der Waals surface area (Å²) >= 11 is 0. The van der Waals surface area contributed by atoms with Gasteiger partial charge in [0.1, 0.15) is 11.5 Å². The van der Waals surface area contributed by atoms with Crippen molar-refractivity contribution in [3.8, 4) is 5.75 Å². The number of carbonyl (C=O) groups excluding carboxylic acids is 1. The molecule has 21 heavy (non-hydrogen) atoms. The van der Waals surface area contributed by atoms with E-state index in [0.29, 0.717) is 23.7 Å². The molecule has 0 spiro atoms. The van der Waals surface area contributed by atoms with Gasteiger partial charge in [-0.3, -0.25) is 4.79 Å². The fourth-order valence-corrected chi connectivity index (χ4v) is 2.49. The predicted octanol–water partition coefficient (Wildman–Crippen LogP) is 3.49. The maximum atomic E-state index is 12.5. The lowest BCUT2D eigenvalue weighted by Crippen LogP contribution is -2.10. The molecule has 1 aliphatic rings. The van der Waals surface area contributed by atoms with Crippen molar-refractivity contribution in [1.82, 2.24) is 0 Å². The van der Waals surface area contributed by atoms with Crippen molar-refractivity contribution >= 4 is 11.5 Å². The summed E-state index contributed by atoms with van der Waals surface area (Å²) in [7, 11) is 1.56. The first-order valence-corrected chi connectivity index (χ1v) is 6.89. The Hall–Kier alpha value is -2.55. The van der Waals surface area contributed by atoms with Crippen LogP contribution in [-0.2, 0) is 11.2 Å². The Morgan fingerprint density at radius 1 is 1.14 bits per heavy atom. The quantitative estimate of drug-likeness (QED) is 0.637. The van der Waals surface area contributed by atoms with E-state index in [2.05, 4.69) is 6.07 Å². The summed E-state index contributed by atoms with van der Waals surface area (Å²) in [5, 5.41) is 0. The van der Waals surface area contributed by atoms with Gasteiger partial charge in [-0.15, -0.1) is 0 Å². The third-order valence-electron chi connectivity index (χ3n) is 3.55. The van der Waals surface area contributed by atoms with Gasteiger partial charge in [-0.1, -0.05) is 36.4 Å². The van der Waals surface area contributed by atoms with Crippen LogP contribution in [-0.4, -0.2) is 19.5 Å². The minimum absolute atomic E-state index is 0.112. The molecule has 0 atom stereocenters. The molecule has 3 heteroatoms. The van der Waals surface area contributed by atoms with Crippen LogP contribution in [0.4, 0.5) is 0 Å². The van der Waals surface area contributed by atoms with Crippen molar-refractivity contribution < 1.29 is 14.3 Å². The molecule has 1 heterocycles. The fraction of sp³-hybridized carbons (Fsp3) is 0.167. The molecule has 106 valence electrons. The number of rotatable bonds is 3. The Morgan fingerprint density at radius 3 is 2.76 bits per heavy atom. The third kappa shape index (κ3) is 2.68. The zero-order valence-electron chi connectivity index (χ0n) is 11.8. The monoisotopic (exact) mass is 280 g/mol. The molecular weight excluding hydrogens is 264 g/mol. The van der Waals surface area contributed by atoms with E-state index in [1.54, 1.807) is 25.3 Å². The van der Waals surface area contributed by atoms with Gasteiger partial charge >= 0.3 is 0 Å². The van der Waals surface area contributed by atoms with Gasteiger partial charge in [0.25, 0.3) is 0 Å². The Balaban J connectivity index is 1.98. The van der Waals surface area contributed by atoms with Crippen molar-refractivity contribution in [2.24, 2.45) is 0 Å². The first-order valence-electron chi connectivity index (χ1n) is 6.89. The summed E-state index contributed by atoms with van der Waals surface area (Å²) in [5.41, 5.74) is 2.74. The van der Waals surface area contributed by atoms with Crippen LogP contribution in [0.1, 0.15) is 21.5 Å². The molecule has 2 aromatic rings. The van der Waals surface area contributed by atoms with E-state index in [1.165, 1.54) is 5.56 Å². The maximum Gasteiger partial charge on any atom is 0.193 e. The fourth-order valence-electron chi connectivity index (χ4n) is 2.49. The third-order valence-corrected chi connectivity index (χ3v) is 3.55. The molecule has 1 aliphatic heterocycles. The summed E-state index contributed by atoms with van der Waals surface area (Å²) in [6.07, 6.45) is 2.42. The number of para-hydroxylation sites is 1. The smallest absolute Gasteiger partial charge is 0.193 e. The molecule has 0 aliphatic carbocycles. The van der Waals surface area contributed by atoms with Gasteiger partial charge < -0.3 is 9.47 Å². The van der Waals surface area contributed by atoms with Crippen LogP contribution >= 0.6 is 0 Å². The largest absolute Gasteiger partial charge is 0.496 e. The average Bonchev–Trinajstić information content (AvgIpc) is 2.55. The van der Waals surface area contributed by atoms with Crippen molar-refractivity contribution in [3.05, 3.63) is 71.3 Å². The van der Waals surface area contributed by atoms with E-state index >= 15 is 0 Å². The summed E-state index contributed by atoms with van der Waals surface area (Å²) in [6.45, 7) is 0.599. The van der Waals surface area contributed by atoms with E-state index in [-0.39, 0.29) is 5.78 Å². The second-order valence-electron chi connectivity index (χ2n) is 4.83. The zero-order chi connectivity index (χ0) is 14.7. The molecule has 0 fully saturated rings. The van der Waals surface area contributed by atoms with Gasteiger partial charge in [-0.05, 0) is 17.7 Å². The second-order valence-corrected chi connectivity index (χ2v) is 4.83. The van der Waals surface area contributed by atoms with Crippen LogP contribution in [0.25, 0.3) is 5.76 Å². The van der Waals surface area contributed by atoms with E-state index in [4.69, 9.17) is 9.47 Å². The highest BCUT2D eigenvalue weighted by atomic mass is 16.5. The average molecular weight is 280 g/mol. The van der Waals surface area contributed by atoms with Crippen LogP contribution in [0.5, 0.6) is 5.75 Å². The highest BCUT2D eigenvalue weighted by molar-refractivity contribution is 6.09. The molecule has 0 bridgehead atoms. The van der Waals surface area contributed by atoms with E-state index in [1.807, 2.05) is 30.3 Å². The molecule has 0 saturated heterocycles. The molecule has 0 amide bonds. The second kappa shape index (κ2) is 5.83. The van der Waals surface area contributed by atoms with E-state index < -0.39 is 0 Å². The molecule has 3 rings (SSSR count). The van der Waals surface area contributed by atoms with Gasteiger partial charge in [-0.2, -0.15) is 0 Å². The first kappa shape index (κ1) is 13.4. The molecule has 0 aromatic heterocycles. The van der Waals surface area contributed by atoms with Crippen LogP contribution < -0.4 is 4.74 Å². The highest BCUT2D eigenvalue weighted by Gasteiger charge is 2.17. The summed E-state index contributed by atoms with van der Waals surface area (Å²) < 4.78 is 10.9. The first-order chi connectivity index (χ1) is 10.3. The number of benzene rings is 2. The number of hydrogen-bond acceptors (Lipinski definition) is 3. The van der Waals surface area contributed by atoms with Crippen LogP contribution in [0.15, 0.2) is 54.6 Å². The van der Waals surface area contributed by atoms with Crippen molar-refractivity contribution in [3.63, 3.8) is 0 Å². The van der Waals surface area contributed by atoms with Gasteiger partial charge in [0.05, 0.1) is 19.3 Å². The summed E-state index contributed by atoms with van der Waals surface area (Å²) in [5.74, 6) is 1.09. The van der Waals surface area contributed by atoms with E-state index in [0.717, 1.165) is 12.0 Å². The van der Waals surface area contributed by atoms with Crippen LogP contribution in [0, 0.1) is 0 Å². The van der Waals surface area contributed by atoms with Crippen LogP contribution in [0.2, 0.25) is 0 Å². The molecule has 2 aromatic carbocycles. The standard InChI is InChI=1S/C18H16O3/c1-20-17-9-5-4-8-15(17)16(19)12-18-14-7-3-2-6-13(14)10-11-21-18/h2-9,12H,10-11H2,1H3/b18-12-. The highest BCUT2D eigenvalue weighted by Crippen LogP contribution is 2.27. The Morgan fingerprint density at radius 2 is 1.90 bits per heavy atom. The molecule has 0 N–H and O–H groups in total. The Kier molecular flexibility index (Phi) is 3.73. The Labute approximate surface area is 123 Å². The number of carbonyl (C=O) groups is 1. The minimum atomic E-state index is -0.112. The predicted molar refractivity (Wildman–Crippen MR) is 81.4 cm³/mol. The van der Waals surface area contributed by atoms with Crippen LogP contribution in [0.3, 0.4) is 0 Å². The molecule has 0 radical (unpaired) electrons. The number of ketones is 1. The van der Waals surface area contributed by atoms with Gasteiger partial charge in [0.15, 0.2) is 5.78 Å². The molecule has 0 saturated carbocycles. The zero-order valence-corrected chi connectivity index (χ0v) is 11.8. The summed E-state index contributed by atoms with van der Waals surface area (Å²) in [6, 6.07) is 15.2. The minimum Gasteiger partial charge on any atom is -0.496 e. The maximum absolute atomic E-state index is 12.5.